The molecule has 0 radical (unpaired) electrons. The summed E-state index contributed by atoms with van der Waals surface area (Å²) in [6.07, 6.45) is 7.27. The van der Waals surface area contributed by atoms with Crippen LogP contribution in [-0.4, -0.2) is 19.9 Å². The first kappa shape index (κ1) is 24.0. The molecule has 4 aromatic heterocycles. The van der Waals surface area contributed by atoms with E-state index in [1.54, 1.807) is 0 Å². The molecule has 0 saturated heterocycles. The molecule has 0 bridgehead atoms. The summed E-state index contributed by atoms with van der Waals surface area (Å²) in [5, 5.41) is 7.00. The fourth-order valence-corrected chi connectivity index (χ4v) is 5.83. The van der Waals surface area contributed by atoms with E-state index < -0.39 is 0 Å². The lowest BCUT2D eigenvalue weighted by molar-refractivity contribution is 1.13. The van der Waals surface area contributed by atoms with Crippen molar-refractivity contribution in [3.63, 3.8) is 0 Å². The van der Waals surface area contributed by atoms with Gasteiger partial charge in [0.25, 0.3) is 0 Å². The van der Waals surface area contributed by atoms with Gasteiger partial charge in [0.2, 0.25) is 0 Å². The molecule has 6 nitrogen and oxygen atoms in total. The zero-order valence-corrected chi connectivity index (χ0v) is 22.5. The van der Waals surface area contributed by atoms with Crippen molar-refractivity contribution in [1.29, 1.82) is 0 Å². The summed E-state index contributed by atoms with van der Waals surface area (Å²) in [5.74, 6) is 3.23. The number of benzene rings is 4. The fraction of sp³-hybridized carbons (Fsp3) is 0. The van der Waals surface area contributed by atoms with Gasteiger partial charge in [-0.2, -0.15) is 0 Å². The van der Waals surface area contributed by atoms with Gasteiger partial charge in [0.1, 0.15) is 23.3 Å². The second-order valence-electron chi connectivity index (χ2n) is 10.0. The van der Waals surface area contributed by atoms with Gasteiger partial charge in [0, 0.05) is 35.6 Å². The van der Waals surface area contributed by atoms with Gasteiger partial charge in [-0.3, -0.25) is 9.80 Å². The quantitative estimate of drug-likeness (QED) is 0.196. The second-order valence-corrected chi connectivity index (χ2v) is 10.0. The molecule has 0 aliphatic heterocycles. The fourth-order valence-electron chi connectivity index (χ4n) is 5.83. The van der Waals surface area contributed by atoms with E-state index >= 15 is 0 Å². The van der Waals surface area contributed by atoms with Crippen molar-refractivity contribution < 1.29 is 0 Å². The standard InChI is InChI=1S/C36H24N6/c1-5-21-37-31(9-1)41(32-10-2-6-22-38-32)29-19-15-25-14-18-28-30(20-16-26-13-17-27(29)35(25)36(26)28)42(33-11-3-7-23-39-33)34-12-4-8-24-40-34/h1-24H. The molecule has 0 aliphatic rings. The summed E-state index contributed by atoms with van der Waals surface area (Å²) in [5.41, 5.74) is 2.04. The zero-order chi connectivity index (χ0) is 27.9. The summed E-state index contributed by atoms with van der Waals surface area (Å²) in [4.78, 5) is 23.1. The van der Waals surface area contributed by atoms with Crippen LogP contribution in [0.4, 0.5) is 34.6 Å². The summed E-state index contributed by atoms with van der Waals surface area (Å²) in [6, 6.07) is 41.4. The summed E-state index contributed by atoms with van der Waals surface area (Å²) < 4.78 is 0. The van der Waals surface area contributed by atoms with Gasteiger partial charge in [0.05, 0.1) is 11.4 Å². The number of nitrogens with zero attached hydrogens (tertiary/aromatic N) is 6. The van der Waals surface area contributed by atoms with Gasteiger partial charge in [-0.1, -0.05) is 60.7 Å². The van der Waals surface area contributed by atoms with Crippen LogP contribution >= 0.6 is 0 Å². The largest absolute Gasteiger partial charge is 0.278 e. The SMILES string of the molecule is c1ccc(N(c2ccccn2)c2ccc3ccc4c(N(c5ccccn5)c5ccccn5)ccc5ccc2c3c54)nc1. The molecule has 0 fully saturated rings. The lowest BCUT2D eigenvalue weighted by atomic mass is 9.92. The molecule has 8 rings (SSSR count). The Balaban J connectivity index is 1.42. The Morgan fingerprint density at radius 3 is 0.976 bits per heavy atom. The molecule has 8 aromatic rings. The number of anilines is 6. The van der Waals surface area contributed by atoms with Crippen molar-refractivity contribution in [1.82, 2.24) is 19.9 Å². The minimum Gasteiger partial charge on any atom is -0.278 e. The van der Waals surface area contributed by atoms with Gasteiger partial charge in [0.15, 0.2) is 0 Å². The number of aromatic nitrogens is 4. The van der Waals surface area contributed by atoms with E-state index in [4.69, 9.17) is 19.9 Å². The lowest BCUT2D eigenvalue weighted by Gasteiger charge is -2.27. The Morgan fingerprint density at radius 1 is 0.333 bits per heavy atom. The molecule has 0 atom stereocenters. The average Bonchev–Trinajstić information content (AvgIpc) is 3.07. The minimum absolute atomic E-state index is 0.809. The van der Waals surface area contributed by atoms with Crippen molar-refractivity contribution in [2.24, 2.45) is 0 Å². The Morgan fingerprint density at radius 2 is 0.667 bits per heavy atom. The molecule has 6 heteroatoms. The van der Waals surface area contributed by atoms with Gasteiger partial charge in [-0.15, -0.1) is 0 Å². The Labute approximate surface area is 242 Å². The van der Waals surface area contributed by atoms with Crippen molar-refractivity contribution in [3.8, 4) is 0 Å². The predicted octanol–water partition coefficient (Wildman–Crippen LogP) is 9.10. The highest BCUT2D eigenvalue weighted by Crippen LogP contribution is 2.46. The van der Waals surface area contributed by atoms with Crippen LogP contribution in [0.2, 0.25) is 0 Å². The Kier molecular flexibility index (Phi) is 5.67. The molecular formula is C36H24N6. The first-order valence-corrected chi connectivity index (χ1v) is 13.8. The number of pyridine rings is 4. The molecule has 0 unspecified atom stereocenters. The van der Waals surface area contributed by atoms with E-state index in [0.29, 0.717) is 0 Å². The normalized spacial score (nSPS) is 11.3. The number of hydrogen-bond donors (Lipinski definition) is 0. The van der Waals surface area contributed by atoms with E-state index in [2.05, 4.69) is 58.3 Å². The minimum atomic E-state index is 0.809. The molecule has 0 amide bonds. The maximum Gasteiger partial charge on any atom is 0.138 e. The molecule has 4 aromatic carbocycles. The van der Waals surface area contributed by atoms with Crippen LogP contribution in [0.15, 0.2) is 146 Å². The highest BCUT2D eigenvalue weighted by atomic mass is 15.2. The van der Waals surface area contributed by atoms with Crippen LogP contribution in [0.1, 0.15) is 0 Å². The van der Waals surface area contributed by atoms with Crippen LogP contribution in [0, 0.1) is 0 Å². The highest BCUT2D eigenvalue weighted by Gasteiger charge is 2.22. The predicted molar refractivity (Wildman–Crippen MR) is 171 cm³/mol. The van der Waals surface area contributed by atoms with Crippen LogP contribution in [0.25, 0.3) is 32.3 Å². The van der Waals surface area contributed by atoms with E-state index in [1.807, 2.05) is 97.6 Å². The van der Waals surface area contributed by atoms with Crippen LogP contribution < -0.4 is 9.80 Å². The topological polar surface area (TPSA) is 58.0 Å². The Bertz CT molecular complexity index is 1900. The van der Waals surface area contributed by atoms with E-state index in [9.17, 15) is 0 Å². The maximum atomic E-state index is 4.71. The second kappa shape index (κ2) is 9.94. The molecule has 42 heavy (non-hydrogen) atoms. The average molecular weight is 541 g/mol. The molecule has 0 saturated carbocycles. The monoisotopic (exact) mass is 540 g/mol. The van der Waals surface area contributed by atoms with E-state index in [-0.39, 0.29) is 0 Å². The zero-order valence-electron chi connectivity index (χ0n) is 22.5. The number of hydrogen-bond acceptors (Lipinski definition) is 6. The van der Waals surface area contributed by atoms with Crippen molar-refractivity contribution >= 4 is 67.0 Å². The lowest BCUT2D eigenvalue weighted by Crippen LogP contribution is -2.14. The molecule has 0 N–H and O–H groups in total. The van der Waals surface area contributed by atoms with Crippen molar-refractivity contribution in [3.05, 3.63) is 146 Å². The van der Waals surface area contributed by atoms with Crippen LogP contribution in [-0.2, 0) is 0 Å². The summed E-state index contributed by atoms with van der Waals surface area (Å²) in [7, 11) is 0. The first-order valence-electron chi connectivity index (χ1n) is 13.8. The number of rotatable bonds is 6. The summed E-state index contributed by atoms with van der Waals surface area (Å²) >= 11 is 0. The van der Waals surface area contributed by atoms with E-state index in [1.165, 1.54) is 21.5 Å². The molecule has 198 valence electrons. The molecular weight excluding hydrogens is 516 g/mol. The maximum absolute atomic E-state index is 4.71. The van der Waals surface area contributed by atoms with Gasteiger partial charge in [-0.25, -0.2) is 19.9 Å². The van der Waals surface area contributed by atoms with Gasteiger partial charge >= 0.3 is 0 Å². The summed E-state index contributed by atoms with van der Waals surface area (Å²) in [6.45, 7) is 0. The van der Waals surface area contributed by atoms with Crippen LogP contribution in [0.3, 0.4) is 0 Å². The molecule has 0 aliphatic carbocycles. The van der Waals surface area contributed by atoms with Gasteiger partial charge in [-0.05, 0) is 82.2 Å². The third-order valence-corrected chi connectivity index (χ3v) is 7.61. The molecule has 0 spiro atoms. The van der Waals surface area contributed by atoms with Gasteiger partial charge < -0.3 is 0 Å². The molecule has 4 heterocycles. The van der Waals surface area contributed by atoms with E-state index in [0.717, 1.165) is 45.4 Å². The van der Waals surface area contributed by atoms with Crippen molar-refractivity contribution in [2.75, 3.05) is 9.80 Å². The highest BCUT2D eigenvalue weighted by molar-refractivity contribution is 6.28. The first-order chi connectivity index (χ1) is 20.9. The van der Waals surface area contributed by atoms with Crippen LogP contribution in [0.5, 0.6) is 0 Å². The third kappa shape index (κ3) is 3.89. The Hall–Kier alpha value is -5.88. The van der Waals surface area contributed by atoms with Crippen molar-refractivity contribution in [2.45, 2.75) is 0 Å². The third-order valence-electron chi connectivity index (χ3n) is 7.61. The smallest absolute Gasteiger partial charge is 0.138 e.